The largest absolute Gasteiger partial charge is 0.480 e. The van der Waals surface area contributed by atoms with E-state index in [9.17, 15) is 9.59 Å². The lowest BCUT2D eigenvalue weighted by atomic mass is 10.2. The van der Waals surface area contributed by atoms with Gasteiger partial charge in [0.05, 0.1) is 0 Å². The third kappa shape index (κ3) is 4.32. The van der Waals surface area contributed by atoms with E-state index in [1.807, 2.05) is 0 Å². The van der Waals surface area contributed by atoms with Crippen molar-refractivity contribution in [3.05, 3.63) is 29.3 Å². The van der Waals surface area contributed by atoms with Gasteiger partial charge < -0.3 is 15.7 Å². The van der Waals surface area contributed by atoms with Crippen LogP contribution in [0.2, 0.25) is 5.02 Å². The van der Waals surface area contributed by atoms with Gasteiger partial charge in [0, 0.05) is 10.7 Å². The molecule has 1 atom stereocenters. The first-order valence-corrected chi connectivity index (χ1v) is 5.46. The normalized spacial score (nSPS) is 11.6. The molecular weight excluding hydrogens is 244 g/mol. The molecule has 0 aromatic heterocycles. The number of nitrogens with one attached hydrogen (secondary N) is 2. The van der Waals surface area contributed by atoms with Crippen LogP contribution >= 0.6 is 11.6 Å². The fourth-order valence-corrected chi connectivity index (χ4v) is 1.32. The highest BCUT2D eigenvalue weighted by molar-refractivity contribution is 6.30. The van der Waals surface area contributed by atoms with E-state index in [4.69, 9.17) is 16.7 Å². The summed E-state index contributed by atoms with van der Waals surface area (Å²) < 4.78 is 0. The number of hydrogen-bond acceptors (Lipinski definition) is 2. The maximum Gasteiger partial charge on any atom is 0.326 e. The average molecular weight is 257 g/mol. The van der Waals surface area contributed by atoms with Crippen LogP contribution in [0, 0.1) is 0 Å². The van der Waals surface area contributed by atoms with E-state index in [1.165, 1.54) is 0 Å². The van der Waals surface area contributed by atoms with Crippen LogP contribution in [-0.4, -0.2) is 23.1 Å². The number of carbonyl (C=O) groups is 2. The number of rotatable bonds is 4. The minimum absolute atomic E-state index is 0.323. The molecule has 0 spiro atoms. The van der Waals surface area contributed by atoms with Crippen molar-refractivity contribution in [3.8, 4) is 0 Å². The minimum atomic E-state index is -1.06. The number of carbonyl (C=O) groups excluding carboxylic acids is 1. The lowest BCUT2D eigenvalue weighted by molar-refractivity contribution is -0.139. The summed E-state index contributed by atoms with van der Waals surface area (Å²) in [7, 11) is 0. The second kappa shape index (κ2) is 6.10. The lowest BCUT2D eigenvalue weighted by Crippen LogP contribution is -2.42. The number of anilines is 1. The fraction of sp³-hybridized carbons (Fsp3) is 0.273. The number of carboxylic acids is 1. The van der Waals surface area contributed by atoms with Crippen molar-refractivity contribution in [1.29, 1.82) is 0 Å². The molecule has 0 fully saturated rings. The maximum absolute atomic E-state index is 11.5. The average Bonchev–Trinajstić information content (AvgIpc) is 2.28. The Kier molecular flexibility index (Phi) is 4.78. The van der Waals surface area contributed by atoms with Gasteiger partial charge in [0.1, 0.15) is 6.04 Å². The van der Waals surface area contributed by atoms with Crippen LogP contribution in [0.4, 0.5) is 10.5 Å². The predicted molar refractivity (Wildman–Crippen MR) is 65.3 cm³/mol. The van der Waals surface area contributed by atoms with Gasteiger partial charge >= 0.3 is 12.0 Å². The van der Waals surface area contributed by atoms with Gasteiger partial charge in [-0.05, 0) is 30.7 Å². The molecule has 0 saturated carbocycles. The Labute approximate surface area is 104 Å². The number of carboxylic acid groups (broad SMARTS) is 1. The highest BCUT2D eigenvalue weighted by atomic mass is 35.5. The molecule has 5 nitrogen and oxygen atoms in total. The molecule has 0 radical (unpaired) electrons. The second-order valence-corrected chi connectivity index (χ2v) is 3.84. The van der Waals surface area contributed by atoms with Crippen molar-refractivity contribution in [1.82, 2.24) is 5.32 Å². The van der Waals surface area contributed by atoms with E-state index in [0.717, 1.165) is 0 Å². The van der Waals surface area contributed by atoms with Crippen LogP contribution in [0.1, 0.15) is 13.3 Å². The Bertz CT molecular complexity index is 406. The molecule has 0 aliphatic rings. The molecule has 1 aromatic rings. The van der Waals surface area contributed by atoms with Gasteiger partial charge in [0.2, 0.25) is 0 Å². The number of urea groups is 1. The van der Waals surface area contributed by atoms with Crippen LogP contribution in [0.25, 0.3) is 0 Å². The molecule has 92 valence electrons. The predicted octanol–water partition coefficient (Wildman–Crippen LogP) is 2.32. The third-order valence-corrected chi connectivity index (χ3v) is 2.37. The van der Waals surface area contributed by atoms with Crippen molar-refractivity contribution in [2.75, 3.05) is 5.32 Å². The number of amides is 2. The van der Waals surface area contributed by atoms with Crippen LogP contribution in [0.5, 0.6) is 0 Å². The van der Waals surface area contributed by atoms with Gasteiger partial charge in [-0.1, -0.05) is 18.5 Å². The molecule has 0 bridgehead atoms. The molecule has 3 N–H and O–H groups in total. The van der Waals surface area contributed by atoms with E-state index in [0.29, 0.717) is 17.1 Å². The van der Waals surface area contributed by atoms with Crippen molar-refractivity contribution >= 4 is 29.3 Å². The van der Waals surface area contributed by atoms with Gasteiger partial charge in [-0.25, -0.2) is 9.59 Å². The molecule has 0 aliphatic carbocycles. The third-order valence-electron chi connectivity index (χ3n) is 2.11. The molecule has 17 heavy (non-hydrogen) atoms. The number of aliphatic carboxylic acids is 1. The fourth-order valence-electron chi connectivity index (χ4n) is 1.20. The first-order chi connectivity index (χ1) is 8.02. The van der Waals surface area contributed by atoms with Crippen molar-refractivity contribution in [2.45, 2.75) is 19.4 Å². The summed E-state index contributed by atoms with van der Waals surface area (Å²) in [6.07, 6.45) is 0.323. The topological polar surface area (TPSA) is 78.4 Å². The van der Waals surface area contributed by atoms with E-state index in [-0.39, 0.29) is 0 Å². The first kappa shape index (κ1) is 13.3. The Morgan fingerprint density at radius 2 is 1.94 bits per heavy atom. The molecule has 1 aromatic carbocycles. The quantitative estimate of drug-likeness (QED) is 0.774. The van der Waals surface area contributed by atoms with Gasteiger partial charge in [-0.3, -0.25) is 0 Å². The zero-order chi connectivity index (χ0) is 12.8. The molecule has 1 rings (SSSR count). The number of benzene rings is 1. The van der Waals surface area contributed by atoms with Crippen LogP contribution in [0.3, 0.4) is 0 Å². The summed E-state index contributed by atoms with van der Waals surface area (Å²) in [5, 5.41) is 14.2. The minimum Gasteiger partial charge on any atom is -0.480 e. The van der Waals surface area contributed by atoms with E-state index >= 15 is 0 Å². The number of hydrogen-bond donors (Lipinski definition) is 3. The first-order valence-electron chi connectivity index (χ1n) is 5.08. The highest BCUT2D eigenvalue weighted by Gasteiger charge is 2.17. The highest BCUT2D eigenvalue weighted by Crippen LogP contribution is 2.13. The summed E-state index contributed by atoms with van der Waals surface area (Å²) >= 11 is 5.69. The summed E-state index contributed by atoms with van der Waals surface area (Å²) in [6, 6.07) is 5.08. The van der Waals surface area contributed by atoms with Gasteiger partial charge in [0.15, 0.2) is 0 Å². The molecule has 0 aliphatic heterocycles. The maximum atomic E-state index is 11.5. The van der Waals surface area contributed by atoms with Crippen molar-refractivity contribution in [3.63, 3.8) is 0 Å². The van der Waals surface area contributed by atoms with Crippen LogP contribution < -0.4 is 10.6 Å². The molecule has 6 heteroatoms. The molecular formula is C11H13ClN2O3. The Morgan fingerprint density at radius 3 is 2.41 bits per heavy atom. The SMILES string of the molecule is CC[C@@H](NC(=O)Nc1ccc(Cl)cc1)C(=O)O. The van der Waals surface area contributed by atoms with Gasteiger partial charge in [-0.2, -0.15) is 0 Å². The van der Waals surface area contributed by atoms with Crippen LogP contribution in [0.15, 0.2) is 24.3 Å². The second-order valence-electron chi connectivity index (χ2n) is 3.40. The zero-order valence-electron chi connectivity index (χ0n) is 9.24. The smallest absolute Gasteiger partial charge is 0.326 e. The molecule has 0 unspecified atom stereocenters. The zero-order valence-corrected chi connectivity index (χ0v) is 9.99. The monoisotopic (exact) mass is 256 g/mol. The Hall–Kier alpha value is -1.75. The van der Waals surface area contributed by atoms with E-state index in [2.05, 4.69) is 10.6 Å². The Morgan fingerprint density at radius 1 is 1.35 bits per heavy atom. The molecule has 0 heterocycles. The number of halogens is 1. The van der Waals surface area contributed by atoms with Crippen LogP contribution in [-0.2, 0) is 4.79 Å². The van der Waals surface area contributed by atoms with Gasteiger partial charge in [-0.15, -0.1) is 0 Å². The summed E-state index contributed by atoms with van der Waals surface area (Å²) in [5.74, 6) is -1.06. The van der Waals surface area contributed by atoms with Crippen molar-refractivity contribution < 1.29 is 14.7 Å². The summed E-state index contributed by atoms with van der Waals surface area (Å²) in [4.78, 5) is 22.2. The standard InChI is InChI=1S/C11H13ClN2O3/c1-2-9(10(15)16)14-11(17)13-8-5-3-7(12)4-6-8/h3-6,9H,2H2,1H3,(H,15,16)(H2,13,14,17)/t9-/m1/s1. The molecule has 0 saturated heterocycles. The van der Waals surface area contributed by atoms with Gasteiger partial charge in [0.25, 0.3) is 0 Å². The van der Waals surface area contributed by atoms with Crippen molar-refractivity contribution in [2.24, 2.45) is 0 Å². The lowest BCUT2D eigenvalue weighted by Gasteiger charge is -2.13. The van der Waals surface area contributed by atoms with E-state index in [1.54, 1.807) is 31.2 Å². The van der Waals surface area contributed by atoms with E-state index < -0.39 is 18.0 Å². The molecule has 2 amide bonds. The Balaban J connectivity index is 2.54. The summed E-state index contributed by atoms with van der Waals surface area (Å²) in [6.45, 7) is 1.68. The summed E-state index contributed by atoms with van der Waals surface area (Å²) in [5.41, 5.74) is 0.548.